The minimum Gasteiger partial charge on any atom is -0.508 e. The van der Waals surface area contributed by atoms with Gasteiger partial charge in [0.2, 0.25) is 5.75 Å². The van der Waals surface area contributed by atoms with Crippen LogP contribution in [0.4, 0.5) is 0 Å². The predicted octanol–water partition coefficient (Wildman–Crippen LogP) is 4.35. The van der Waals surface area contributed by atoms with E-state index in [1.54, 1.807) is 38.1 Å². The maximum absolute atomic E-state index is 13.2. The van der Waals surface area contributed by atoms with E-state index in [0.29, 0.717) is 39.5 Å². The molecule has 4 rings (SSSR count). The van der Waals surface area contributed by atoms with Crippen molar-refractivity contribution in [3.05, 3.63) is 64.2 Å². The number of hydrogen-bond donors (Lipinski definition) is 3. The molecule has 1 heterocycles. The normalized spacial score (nSPS) is 16.5. The summed E-state index contributed by atoms with van der Waals surface area (Å²) in [5.41, 5.74) is 2.32. The quantitative estimate of drug-likeness (QED) is 0.427. The number of phenols is 3. The first-order valence-electron chi connectivity index (χ1n) is 11.2. The molecule has 1 aliphatic heterocycles. The highest BCUT2D eigenvalue weighted by Gasteiger charge is 2.37. The molecule has 3 aromatic rings. The smallest absolute Gasteiger partial charge is 0.338 e. The SMILES string of the molecule is COc1cc(C2Oc3cc(O)cc(O)c3CC2OC(=O)c2cc(C)c(O)c(C)c2)cc(OC)c1OC. The first-order chi connectivity index (χ1) is 17.2. The van der Waals surface area contributed by atoms with Crippen molar-refractivity contribution >= 4 is 5.97 Å². The highest BCUT2D eigenvalue weighted by atomic mass is 16.6. The Morgan fingerprint density at radius 3 is 2.06 bits per heavy atom. The highest BCUT2D eigenvalue weighted by Crippen LogP contribution is 2.46. The standard InChI is InChI=1S/C27H28O9/c1-13-6-16(7-14(2)24(13)30)27(31)36-23-12-18-19(29)10-17(28)11-20(18)35-25(23)15-8-21(32-3)26(34-5)22(9-15)33-4/h6-11,23,25,28-30H,12H2,1-5H3. The maximum atomic E-state index is 13.2. The van der Waals surface area contributed by atoms with Gasteiger partial charge in [-0.15, -0.1) is 0 Å². The Kier molecular flexibility index (Phi) is 6.74. The lowest BCUT2D eigenvalue weighted by atomic mass is 9.93. The van der Waals surface area contributed by atoms with Crippen LogP contribution < -0.4 is 18.9 Å². The molecule has 1 aliphatic rings. The van der Waals surface area contributed by atoms with Crippen LogP contribution in [0.3, 0.4) is 0 Å². The summed E-state index contributed by atoms with van der Waals surface area (Å²) in [6.45, 7) is 3.39. The number of rotatable bonds is 6. The van der Waals surface area contributed by atoms with Gasteiger partial charge in [0, 0.05) is 29.7 Å². The first-order valence-corrected chi connectivity index (χ1v) is 11.2. The van der Waals surface area contributed by atoms with E-state index >= 15 is 0 Å². The Morgan fingerprint density at radius 1 is 0.889 bits per heavy atom. The summed E-state index contributed by atoms with van der Waals surface area (Å²) >= 11 is 0. The molecule has 3 aromatic carbocycles. The lowest BCUT2D eigenvalue weighted by Crippen LogP contribution is -2.35. The molecule has 2 unspecified atom stereocenters. The molecule has 0 fully saturated rings. The molecule has 36 heavy (non-hydrogen) atoms. The predicted molar refractivity (Wildman–Crippen MR) is 130 cm³/mol. The average molecular weight is 497 g/mol. The van der Waals surface area contributed by atoms with E-state index in [1.165, 1.54) is 33.5 Å². The third-order valence-corrected chi connectivity index (χ3v) is 6.17. The molecule has 0 saturated heterocycles. The van der Waals surface area contributed by atoms with Gasteiger partial charge in [0.25, 0.3) is 0 Å². The van der Waals surface area contributed by atoms with Crippen LogP contribution in [-0.4, -0.2) is 48.7 Å². The summed E-state index contributed by atoms with van der Waals surface area (Å²) in [7, 11) is 4.47. The molecule has 0 bridgehead atoms. The molecule has 0 amide bonds. The van der Waals surface area contributed by atoms with Gasteiger partial charge in [0.05, 0.1) is 26.9 Å². The van der Waals surface area contributed by atoms with Crippen molar-refractivity contribution in [2.75, 3.05) is 21.3 Å². The summed E-state index contributed by atoms with van der Waals surface area (Å²) in [6, 6.07) is 9.07. The van der Waals surface area contributed by atoms with Gasteiger partial charge in [0.15, 0.2) is 17.6 Å². The van der Waals surface area contributed by atoms with Crippen molar-refractivity contribution in [1.82, 2.24) is 0 Å². The Bertz CT molecular complexity index is 1270. The molecule has 9 nitrogen and oxygen atoms in total. The molecule has 190 valence electrons. The Labute approximate surface area is 208 Å². The van der Waals surface area contributed by atoms with Crippen molar-refractivity contribution in [3.63, 3.8) is 0 Å². The topological polar surface area (TPSA) is 124 Å². The lowest BCUT2D eigenvalue weighted by molar-refractivity contribution is -0.0189. The Balaban J connectivity index is 1.78. The summed E-state index contributed by atoms with van der Waals surface area (Å²) in [6.07, 6.45) is -1.58. The molecule has 0 aromatic heterocycles. The number of benzene rings is 3. The molecule has 2 atom stereocenters. The number of methoxy groups -OCH3 is 3. The van der Waals surface area contributed by atoms with E-state index in [2.05, 4.69) is 0 Å². The van der Waals surface area contributed by atoms with Crippen molar-refractivity contribution < 1.29 is 43.8 Å². The molecule has 0 saturated carbocycles. The lowest BCUT2D eigenvalue weighted by Gasteiger charge is -2.34. The van der Waals surface area contributed by atoms with Gasteiger partial charge < -0.3 is 39.0 Å². The van der Waals surface area contributed by atoms with Gasteiger partial charge in [-0.05, 0) is 49.2 Å². The Morgan fingerprint density at radius 2 is 1.50 bits per heavy atom. The fraction of sp³-hybridized carbons (Fsp3) is 0.296. The number of carbonyl (C=O) groups excluding carboxylic acids is 1. The van der Waals surface area contributed by atoms with Crippen molar-refractivity contribution in [3.8, 4) is 40.2 Å². The van der Waals surface area contributed by atoms with Gasteiger partial charge in [-0.25, -0.2) is 4.79 Å². The van der Waals surface area contributed by atoms with Gasteiger partial charge in [-0.3, -0.25) is 0 Å². The largest absolute Gasteiger partial charge is 0.508 e. The van der Waals surface area contributed by atoms with Crippen LogP contribution in [0.25, 0.3) is 0 Å². The van der Waals surface area contributed by atoms with E-state index in [0.717, 1.165) is 0 Å². The zero-order valence-electron chi connectivity index (χ0n) is 20.6. The van der Waals surface area contributed by atoms with Crippen LogP contribution in [0.2, 0.25) is 0 Å². The molecule has 3 N–H and O–H groups in total. The summed E-state index contributed by atoms with van der Waals surface area (Å²) < 4.78 is 28.4. The van der Waals surface area contributed by atoms with Gasteiger partial charge in [-0.1, -0.05) is 0 Å². The van der Waals surface area contributed by atoms with Crippen LogP contribution in [0.1, 0.15) is 38.7 Å². The minimum absolute atomic E-state index is 0.113. The molecular formula is C27H28O9. The van der Waals surface area contributed by atoms with Crippen LogP contribution in [0, 0.1) is 13.8 Å². The second kappa shape index (κ2) is 9.77. The fourth-order valence-electron chi connectivity index (χ4n) is 4.38. The van der Waals surface area contributed by atoms with E-state index < -0.39 is 18.2 Å². The molecule has 0 aliphatic carbocycles. The number of hydrogen-bond acceptors (Lipinski definition) is 9. The number of fused-ring (bicyclic) bond motifs is 1. The van der Waals surface area contributed by atoms with Crippen molar-refractivity contribution in [2.45, 2.75) is 32.5 Å². The second-order valence-electron chi connectivity index (χ2n) is 8.55. The second-order valence-corrected chi connectivity index (χ2v) is 8.55. The summed E-state index contributed by atoms with van der Waals surface area (Å²) in [5, 5.41) is 30.5. The number of phenolic OH excluding ortho intramolecular Hbond substituents is 3. The zero-order chi connectivity index (χ0) is 26.1. The molecular weight excluding hydrogens is 468 g/mol. The molecule has 0 radical (unpaired) electrons. The van der Waals surface area contributed by atoms with Crippen LogP contribution in [-0.2, 0) is 11.2 Å². The number of esters is 1. The number of aryl methyl sites for hydroxylation is 2. The number of carbonyl (C=O) groups is 1. The maximum Gasteiger partial charge on any atom is 0.338 e. The van der Waals surface area contributed by atoms with E-state index in [-0.39, 0.29) is 35.0 Å². The van der Waals surface area contributed by atoms with Crippen molar-refractivity contribution in [2.24, 2.45) is 0 Å². The summed E-state index contributed by atoms with van der Waals surface area (Å²) in [4.78, 5) is 13.2. The van der Waals surface area contributed by atoms with Crippen LogP contribution in [0.5, 0.6) is 40.2 Å². The van der Waals surface area contributed by atoms with E-state index in [1.807, 2.05) is 0 Å². The number of aromatic hydroxyl groups is 3. The third-order valence-electron chi connectivity index (χ3n) is 6.17. The zero-order valence-corrected chi connectivity index (χ0v) is 20.6. The summed E-state index contributed by atoms with van der Waals surface area (Å²) in [5.74, 6) is 0.569. The monoisotopic (exact) mass is 496 g/mol. The average Bonchev–Trinajstić information content (AvgIpc) is 2.85. The van der Waals surface area contributed by atoms with Crippen molar-refractivity contribution in [1.29, 1.82) is 0 Å². The third kappa shape index (κ3) is 4.51. The van der Waals surface area contributed by atoms with Gasteiger partial charge in [-0.2, -0.15) is 0 Å². The van der Waals surface area contributed by atoms with Gasteiger partial charge in [0.1, 0.15) is 29.1 Å². The Hall–Kier alpha value is -4.27. The fourth-order valence-corrected chi connectivity index (χ4v) is 4.38. The van der Waals surface area contributed by atoms with Gasteiger partial charge >= 0.3 is 5.97 Å². The van der Waals surface area contributed by atoms with E-state index in [4.69, 9.17) is 23.7 Å². The highest BCUT2D eigenvalue weighted by molar-refractivity contribution is 5.90. The minimum atomic E-state index is -0.863. The molecule has 0 spiro atoms. The van der Waals surface area contributed by atoms with Crippen LogP contribution >= 0.6 is 0 Å². The van der Waals surface area contributed by atoms with Crippen LogP contribution in [0.15, 0.2) is 36.4 Å². The first kappa shape index (κ1) is 24.8. The van der Waals surface area contributed by atoms with E-state index in [9.17, 15) is 20.1 Å². The number of ether oxygens (including phenoxy) is 5. The molecule has 9 heteroatoms.